The first-order valence-corrected chi connectivity index (χ1v) is 11.7. The Balaban J connectivity index is 2.05. The maximum atomic E-state index is 12.0. The summed E-state index contributed by atoms with van der Waals surface area (Å²) in [5.74, 6) is 0.498. The standard InChI is InChI=1S/C26H44O2/c1-5-6-7-8-9-10-11-12-13-14-15-16-17-19-23-20-18-21-24(22-23)28-25(27)26(2,3)4/h18,20-22H,5-17,19H2,1-4H3. The lowest BCUT2D eigenvalue weighted by atomic mass is 9.97. The van der Waals surface area contributed by atoms with E-state index in [0.29, 0.717) is 5.75 Å². The van der Waals surface area contributed by atoms with Gasteiger partial charge in [0.05, 0.1) is 5.41 Å². The number of carbonyl (C=O) groups is 1. The molecule has 0 amide bonds. The Bertz CT molecular complexity index is 527. The molecule has 0 unspecified atom stereocenters. The quantitative estimate of drug-likeness (QED) is 0.172. The molecule has 0 aromatic heterocycles. The summed E-state index contributed by atoms with van der Waals surface area (Å²) in [6.07, 6.45) is 19.0. The summed E-state index contributed by atoms with van der Waals surface area (Å²) in [7, 11) is 0. The summed E-state index contributed by atoms with van der Waals surface area (Å²) in [4.78, 5) is 12.0. The molecule has 0 aliphatic rings. The highest BCUT2D eigenvalue weighted by molar-refractivity contribution is 5.77. The number of benzene rings is 1. The first-order chi connectivity index (χ1) is 13.4. The van der Waals surface area contributed by atoms with Crippen molar-refractivity contribution in [2.75, 3.05) is 0 Å². The average Bonchev–Trinajstić information content (AvgIpc) is 2.65. The Labute approximate surface area is 174 Å². The number of ether oxygens (including phenoxy) is 1. The summed E-state index contributed by atoms with van der Waals surface area (Å²) in [5.41, 5.74) is 0.799. The normalized spacial score (nSPS) is 11.6. The van der Waals surface area contributed by atoms with Gasteiger partial charge in [-0.2, -0.15) is 0 Å². The summed E-state index contributed by atoms with van der Waals surface area (Å²) in [6.45, 7) is 7.92. The zero-order valence-corrected chi connectivity index (χ0v) is 19.0. The number of unbranched alkanes of at least 4 members (excludes halogenated alkanes) is 12. The SMILES string of the molecule is CCCCCCCCCCCCCCCc1cccc(OC(=O)C(C)(C)C)c1. The van der Waals surface area contributed by atoms with Gasteiger partial charge in [0.2, 0.25) is 0 Å². The van der Waals surface area contributed by atoms with Crippen molar-refractivity contribution >= 4 is 5.97 Å². The van der Waals surface area contributed by atoms with Crippen LogP contribution >= 0.6 is 0 Å². The molecule has 160 valence electrons. The van der Waals surface area contributed by atoms with Crippen LogP contribution in [-0.4, -0.2) is 5.97 Å². The molecule has 2 heteroatoms. The number of carbonyl (C=O) groups excluding carboxylic acids is 1. The van der Waals surface area contributed by atoms with E-state index in [1.807, 2.05) is 39.0 Å². The predicted octanol–water partition coefficient (Wildman–Crippen LogP) is 8.27. The summed E-state index contributed by atoms with van der Waals surface area (Å²) in [5, 5.41) is 0. The number of esters is 1. The van der Waals surface area contributed by atoms with Crippen LogP contribution in [0.1, 0.15) is 117 Å². The van der Waals surface area contributed by atoms with E-state index in [0.717, 1.165) is 6.42 Å². The van der Waals surface area contributed by atoms with E-state index in [1.54, 1.807) is 0 Å². The number of hydrogen-bond acceptors (Lipinski definition) is 2. The van der Waals surface area contributed by atoms with Crippen LogP contribution in [0.3, 0.4) is 0 Å². The Morgan fingerprint density at radius 3 is 1.79 bits per heavy atom. The van der Waals surface area contributed by atoms with E-state index in [2.05, 4.69) is 13.0 Å². The second-order valence-electron chi connectivity index (χ2n) is 9.28. The van der Waals surface area contributed by atoms with Gasteiger partial charge in [0.1, 0.15) is 5.75 Å². The van der Waals surface area contributed by atoms with E-state index in [1.165, 1.54) is 89.0 Å². The molecule has 0 spiro atoms. The van der Waals surface area contributed by atoms with Gasteiger partial charge in [-0.1, -0.05) is 96.1 Å². The van der Waals surface area contributed by atoms with Gasteiger partial charge >= 0.3 is 5.97 Å². The van der Waals surface area contributed by atoms with Gasteiger partial charge in [-0.3, -0.25) is 4.79 Å². The Morgan fingerprint density at radius 1 is 0.786 bits per heavy atom. The summed E-state index contributed by atoms with van der Waals surface area (Å²) >= 11 is 0. The van der Waals surface area contributed by atoms with Crippen molar-refractivity contribution in [3.05, 3.63) is 29.8 Å². The van der Waals surface area contributed by atoms with Crippen molar-refractivity contribution in [2.45, 2.75) is 118 Å². The Kier molecular flexibility index (Phi) is 12.9. The first-order valence-electron chi connectivity index (χ1n) is 11.7. The molecule has 0 saturated heterocycles. The highest BCUT2D eigenvalue weighted by Crippen LogP contribution is 2.21. The minimum absolute atomic E-state index is 0.175. The van der Waals surface area contributed by atoms with Crippen molar-refractivity contribution < 1.29 is 9.53 Å². The lowest BCUT2D eigenvalue weighted by molar-refractivity contribution is -0.142. The molecule has 0 bridgehead atoms. The second-order valence-corrected chi connectivity index (χ2v) is 9.28. The van der Waals surface area contributed by atoms with Crippen LogP contribution in [0.2, 0.25) is 0 Å². The zero-order valence-electron chi connectivity index (χ0n) is 19.0. The molecule has 0 radical (unpaired) electrons. The predicted molar refractivity (Wildman–Crippen MR) is 121 cm³/mol. The summed E-state index contributed by atoms with van der Waals surface area (Å²) in [6, 6.07) is 8.01. The second kappa shape index (κ2) is 14.7. The molecule has 2 nitrogen and oxygen atoms in total. The number of aryl methyl sites for hydroxylation is 1. The van der Waals surface area contributed by atoms with E-state index >= 15 is 0 Å². The lowest BCUT2D eigenvalue weighted by Crippen LogP contribution is -2.25. The Hall–Kier alpha value is -1.31. The maximum Gasteiger partial charge on any atom is 0.316 e. The van der Waals surface area contributed by atoms with Gasteiger partial charge in [-0.05, 0) is 51.3 Å². The van der Waals surface area contributed by atoms with Crippen LogP contribution in [0.4, 0.5) is 0 Å². The topological polar surface area (TPSA) is 26.3 Å². The van der Waals surface area contributed by atoms with Crippen LogP contribution in [0.25, 0.3) is 0 Å². The minimum Gasteiger partial charge on any atom is -0.426 e. The number of rotatable bonds is 15. The highest BCUT2D eigenvalue weighted by Gasteiger charge is 2.23. The van der Waals surface area contributed by atoms with Crippen LogP contribution in [-0.2, 0) is 11.2 Å². The minimum atomic E-state index is -0.467. The molecule has 0 aliphatic carbocycles. The highest BCUT2D eigenvalue weighted by atomic mass is 16.5. The zero-order chi connectivity index (χ0) is 20.7. The molecular weight excluding hydrogens is 344 g/mol. The van der Waals surface area contributed by atoms with Crippen molar-refractivity contribution in [2.24, 2.45) is 5.41 Å². The van der Waals surface area contributed by atoms with Crippen LogP contribution < -0.4 is 4.74 Å². The van der Waals surface area contributed by atoms with Gasteiger partial charge in [0.15, 0.2) is 0 Å². The van der Waals surface area contributed by atoms with Gasteiger partial charge in [-0.25, -0.2) is 0 Å². The molecule has 1 aromatic rings. The molecular formula is C26H44O2. The fraction of sp³-hybridized carbons (Fsp3) is 0.731. The van der Waals surface area contributed by atoms with Crippen molar-refractivity contribution in [1.29, 1.82) is 0 Å². The van der Waals surface area contributed by atoms with Crippen molar-refractivity contribution in [3.63, 3.8) is 0 Å². The van der Waals surface area contributed by atoms with Crippen molar-refractivity contribution in [3.8, 4) is 5.75 Å². The fourth-order valence-electron chi connectivity index (χ4n) is 3.37. The molecule has 0 heterocycles. The van der Waals surface area contributed by atoms with Crippen LogP contribution in [0.15, 0.2) is 24.3 Å². The molecule has 1 rings (SSSR count). The molecule has 0 fully saturated rings. The largest absolute Gasteiger partial charge is 0.426 e. The molecule has 0 saturated carbocycles. The van der Waals surface area contributed by atoms with E-state index in [-0.39, 0.29) is 5.97 Å². The monoisotopic (exact) mass is 388 g/mol. The lowest BCUT2D eigenvalue weighted by Gasteiger charge is -2.16. The molecule has 0 aliphatic heterocycles. The van der Waals surface area contributed by atoms with Gasteiger partial charge in [0, 0.05) is 0 Å². The molecule has 0 atom stereocenters. The van der Waals surface area contributed by atoms with Gasteiger partial charge in [0.25, 0.3) is 0 Å². The van der Waals surface area contributed by atoms with E-state index < -0.39 is 5.41 Å². The van der Waals surface area contributed by atoms with E-state index in [4.69, 9.17) is 4.74 Å². The van der Waals surface area contributed by atoms with Crippen LogP contribution in [0.5, 0.6) is 5.75 Å². The fourth-order valence-corrected chi connectivity index (χ4v) is 3.37. The van der Waals surface area contributed by atoms with E-state index in [9.17, 15) is 4.79 Å². The van der Waals surface area contributed by atoms with Gasteiger partial charge < -0.3 is 4.74 Å². The third-order valence-corrected chi connectivity index (χ3v) is 5.29. The van der Waals surface area contributed by atoms with Gasteiger partial charge in [-0.15, -0.1) is 0 Å². The third kappa shape index (κ3) is 12.2. The summed E-state index contributed by atoms with van der Waals surface area (Å²) < 4.78 is 5.50. The number of hydrogen-bond donors (Lipinski definition) is 0. The smallest absolute Gasteiger partial charge is 0.316 e. The van der Waals surface area contributed by atoms with Crippen LogP contribution in [0, 0.1) is 5.41 Å². The molecule has 0 N–H and O–H groups in total. The molecule has 28 heavy (non-hydrogen) atoms. The average molecular weight is 389 g/mol. The first kappa shape index (κ1) is 24.7. The maximum absolute atomic E-state index is 12.0. The Morgan fingerprint density at radius 2 is 1.29 bits per heavy atom. The van der Waals surface area contributed by atoms with Crippen molar-refractivity contribution in [1.82, 2.24) is 0 Å². The third-order valence-electron chi connectivity index (χ3n) is 5.29. The molecule has 1 aromatic carbocycles.